The zero-order chi connectivity index (χ0) is 10.8. The summed E-state index contributed by atoms with van der Waals surface area (Å²) >= 11 is 0. The van der Waals surface area contributed by atoms with Gasteiger partial charge in [-0.15, -0.1) is 0 Å². The van der Waals surface area contributed by atoms with E-state index in [1.165, 1.54) is 0 Å². The first kappa shape index (κ1) is 10.2. The van der Waals surface area contributed by atoms with E-state index in [9.17, 15) is 0 Å². The van der Waals surface area contributed by atoms with Gasteiger partial charge in [0.25, 0.3) is 0 Å². The number of nitrogens with zero attached hydrogens (tertiary/aromatic N) is 2. The zero-order valence-corrected chi connectivity index (χ0v) is 9.03. The van der Waals surface area contributed by atoms with Crippen molar-refractivity contribution in [1.82, 2.24) is 9.97 Å². The summed E-state index contributed by atoms with van der Waals surface area (Å²) in [6.07, 6.45) is 2.43. The summed E-state index contributed by atoms with van der Waals surface area (Å²) in [5.41, 5.74) is 2.53. The van der Waals surface area contributed by atoms with Gasteiger partial charge in [-0.3, -0.25) is 0 Å². The molecule has 1 fully saturated rings. The van der Waals surface area contributed by atoms with Gasteiger partial charge in [0, 0.05) is 12.0 Å². The van der Waals surface area contributed by atoms with Crippen molar-refractivity contribution in [1.29, 1.82) is 0 Å². The van der Waals surface area contributed by atoms with E-state index in [0.29, 0.717) is 17.6 Å². The molecular weight excluding hydrogens is 192 g/mol. The Labute approximate surface area is 89.0 Å². The minimum Gasteiger partial charge on any atom is -0.475 e. The minimum absolute atomic E-state index is 0.109. The predicted octanol–water partition coefficient (Wildman–Crippen LogP) is 1.43. The Balaban J connectivity index is 2.24. The molecule has 2 rings (SSSR count). The van der Waals surface area contributed by atoms with Crippen molar-refractivity contribution in [2.75, 3.05) is 5.43 Å². The molecule has 0 unspecified atom stereocenters. The highest BCUT2D eigenvalue weighted by Crippen LogP contribution is 2.39. The lowest BCUT2D eigenvalue weighted by Crippen LogP contribution is -2.13. The molecule has 0 saturated heterocycles. The SMILES string of the molecule is CC(C)Oc1cc(NN)nc(C2CC2)n1. The molecule has 1 saturated carbocycles. The van der Waals surface area contributed by atoms with Gasteiger partial charge < -0.3 is 10.2 Å². The Hall–Kier alpha value is -1.36. The van der Waals surface area contributed by atoms with Crippen LogP contribution in [0.1, 0.15) is 38.4 Å². The van der Waals surface area contributed by atoms with Crippen molar-refractivity contribution in [2.45, 2.75) is 38.7 Å². The van der Waals surface area contributed by atoms with Gasteiger partial charge in [-0.2, -0.15) is 4.98 Å². The van der Waals surface area contributed by atoms with Crippen LogP contribution in [0.5, 0.6) is 5.88 Å². The van der Waals surface area contributed by atoms with Gasteiger partial charge >= 0.3 is 0 Å². The van der Waals surface area contributed by atoms with E-state index < -0.39 is 0 Å². The summed E-state index contributed by atoms with van der Waals surface area (Å²) in [4.78, 5) is 8.65. The molecule has 0 atom stereocenters. The monoisotopic (exact) mass is 208 g/mol. The molecule has 0 aromatic carbocycles. The van der Waals surface area contributed by atoms with E-state index in [4.69, 9.17) is 10.6 Å². The van der Waals surface area contributed by atoms with Crippen molar-refractivity contribution in [2.24, 2.45) is 5.84 Å². The molecule has 0 amide bonds. The zero-order valence-electron chi connectivity index (χ0n) is 9.03. The van der Waals surface area contributed by atoms with Crippen molar-refractivity contribution in [3.05, 3.63) is 11.9 Å². The summed E-state index contributed by atoms with van der Waals surface area (Å²) in [5, 5.41) is 0. The Morgan fingerprint density at radius 2 is 2.20 bits per heavy atom. The van der Waals surface area contributed by atoms with Crippen LogP contribution in [0, 0.1) is 0 Å². The van der Waals surface area contributed by atoms with Gasteiger partial charge in [-0.1, -0.05) is 0 Å². The fourth-order valence-electron chi connectivity index (χ4n) is 1.34. The second kappa shape index (κ2) is 4.02. The van der Waals surface area contributed by atoms with Crippen molar-refractivity contribution in [3.63, 3.8) is 0 Å². The van der Waals surface area contributed by atoms with Crippen LogP contribution < -0.4 is 16.0 Å². The topological polar surface area (TPSA) is 73.1 Å². The average molecular weight is 208 g/mol. The van der Waals surface area contributed by atoms with Crippen LogP contribution in [0.3, 0.4) is 0 Å². The number of ether oxygens (including phenoxy) is 1. The molecule has 1 aromatic rings. The normalized spacial score (nSPS) is 15.5. The summed E-state index contributed by atoms with van der Waals surface area (Å²) in [6.45, 7) is 3.93. The molecule has 0 radical (unpaired) electrons. The highest BCUT2D eigenvalue weighted by atomic mass is 16.5. The molecule has 0 bridgehead atoms. The molecule has 5 nitrogen and oxygen atoms in total. The molecule has 15 heavy (non-hydrogen) atoms. The molecule has 5 heteroatoms. The van der Waals surface area contributed by atoms with Crippen LogP contribution in [0.4, 0.5) is 5.82 Å². The molecule has 1 aliphatic carbocycles. The van der Waals surface area contributed by atoms with Gasteiger partial charge in [0.1, 0.15) is 11.6 Å². The van der Waals surface area contributed by atoms with Gasteiger partial charge in [0.2, 0.25) is 5.88 Å². The summed E-state index contributed by atoms with van der Waals surface area (Å²) < 4.78 is 5.53. The largest absolute Gasteiger partial charge is 0.475 e. The Morgan fingerprint density at radius 1 is 1.47 bits per heavy atom. The van der Waals surface area contributed by atoms with Crippen molar-refractivity contribution < 1.29 is 4.74 Å². The Kier molecular flexibility index (Phi) is 2.73. The van der Waals surface area contributed by atoms with Crippen LogP contribution in [-0.4, -0.2) is 16.1 Å². The van der Waals surface area contributed by atoms with Gasteiger partial charge in [0.15, 0.2) is 0 Å². The standard InChI is InChI=1S/C10H16N4O/c1-6(2)15-9-5-8(14-11)12-10(13-9)7-3-4-7/h5-7H,3-4,11H2,1-2H3,(H,12,13,14). The molecule has 3 N–H and O–H groups in total. The number of hydrazine groups is 1. The maximum atomic E-state index is 5.53. The van der Waals surface area contributed by atoms with Gasteiger partial charge in [-0.05, 0) is 26.7 Å². The van der Waals surface area contributed by atoms with E-state index in [1.54, 1.807) is 6.07 Å². The number of nitrogens with one attached hydrogen (secondary N) is 1. The van der Waals surface area contributed by atoms with E-state index >= 15 is 0 Å². The maximum Gasteiger partial charge on any atom is 0.219 e. The second-order valence-electron chi connectivity index (χ2n) is 4.03. The highest BCUT2D eigenvalue weighted by molar-refractivity contribution is 5.38. The van der Waals surface area contributed by atoms with Gasteiger partial charge in [-0.25, -0.2) is 10.8 Å². The third-order valence-electron chi connectivity index (χ3n) is 2.17. The molecule has 1 heterocycles. The predicted molar refractivity (Wildman–Crippen MR) is 57.6 cm³/mol. The molecule has 82 valence electrons. The van der Waals surface area contributed by atoms with E-state index in [-0.39, 0.29) is 6.10 Å². The third kappa shape index (κ3) is 2.56. The van der Waals surface area contributed by atoms with Crippen molar-refractivity contribution in [3.8, 4) is 5.88 Å². The Morgan fingerprint density at radius 3 is 2.73 bits per heavy atom. The lowest BCUT2D eigenvalue weighted by molar-refractivity contribution is 0.231. The smallest absolute Gasteiger partial charge is 0.219 e. The first-order valence-electron chi connectivity index (χ1n) is 5.21. The lowest BCUT2D eigenvalue weighted by Gasteiger charge is -2.11. The fourth-order valence-corrected chi connectivity index (χ4v) is 1.34. The number of aromatic nitrogens is 2. The first-order chi connectivity index (χ1) is 7.19. The van der Waals surface area contributed by atoms with Crippen LogP contribution in [0.25, 0.3) is 0 Å². The molecular formula is C10H16N4O. The number of hydrogen-bond acceptors (Lipinski definition) is 5. The molecule has 1 aromatic heterocycles. The van der Waals surface area contributed by atoms with Gasteiger partial charge in [0.05, 0.1) is 6.10 Å². The number of hydrogen-bond donors (Lipinski definition) is 2. The van der Waals surface area contributed by atoms with Crippen LogP contribution >= 0.6 is 0 Å². The van der Waals surface area contributed by atoms with E-state index in [2.05, 4.69) is 15.4 Å². The first-order valence-corrected chi connectivity index (χ1v) is 5.21. The highest BCUT2D eigenvalue weighted by Gasteiger charge is 2.27. The minimum atomic E-state index is 0.109. The Bertz CT molecular complexity index is 349. The lowest BCUT2D eigenvalue weighted by atomic mass is 10.4. The summed E-state index contributed by atoms with van der Waals surface area (Å²) in [5.74, 6) is 7.88. The number of nitrogen functional groups attached to an aromatic ring is 1. The summed E-state index contributed by atoms with van der Waals surface area (Å²) in [6, 6.07) is 1.71. The fraction of sp³-hybridized carbons (Fsp3) is 0.600. The van der Waals surface area contributed by atoms with Crippen molar-refractivity contribution >= 4 is 5.82 Å². The van der Waals surface area contributed by atoms with E-state index in [1.807, 2.05) is 13.8 Å². The maximum absolute atomic E-state index is 5.53. The average Bonchev–Trinajstić information content (AvgIpc) is 2.99. The second-order valence-corrected chi connectivity index (χ2v) is 4.03. The third-order valence-corrected chi connectivity index (χ3v) is 2.17. The van der Waals surface area contributed by atoms with Crippen LogP contribution in [-0.2, 0) is 0 Å². The number of nitrogens with two attached hydrogens (primary N) is 1. The van der Waals surface area contributed by atoms with E-state index in [0.717, 1.165) is 18.7 Å². The molecule has 1 aliphatic rings. The molecule has 0 spiro atoms. The summed E-state index contributed by atoms with van der Waals surface area (Å²) in [7, 11) is 0. The van der Waals surface area contributed by atoms with Crippen LogP contribution in [0.15, 0.2) is 6.07 Å². The number of anilines is 1. The number of rotatable bonds is 4. The molecule has 0 aliphatic heterocycles. The van der Waals surface area contributed by atoms with Crippen LogP contribution in [0.2, 0.25) is 0 Å². The quantitative estimate of drug-likeness (QED) is 0.578.